The van der Waals surface area contributed by atoms with Gasteiger partial charge in [-0.25, -0.2) is 9.97 Å². The lowest BCUT2D eigenvalue weighted by Crippen LogP contribution is -2.42. The predicted molar refractivity (Wildman–Crippen MR) is 60.7 cm³/mol. The summed E-state index contributed by atoms with van der Waals surface area (Å²) >= 11 is 0.570. The van der Waals surface area contributed by atoms with Crippen molar-refractivity contribution in [1.82, 2.24) is 9.97 Å². The minimum absolute atomic E-state index is 0.108. The van der Waals surface area contributed by atoms with Crippen LogP contribution in [-0.4, -0.2) is 27.4 Å². The SMILES string of the molecule is CCC(N)C(Sc1nccc(C)n1)C(F)(F)F. The van der Waals surface area contributed by atoms with E-state index in [0.29, 0.717) is 17.5 Å². The fourth-order valence-corrected chi connectivity index (χ4v) is 2.25. The molecule has 0 fully saturated rings. The zero-order chi connectivity index (χ0) is 13.1. The number of hydrogen-bond donors (Lipinski definition) is 1. The zero-order valence-corrected chi connectivity index (χ0v) is 10.3. The van der Waals surface area contributed by atoms with Gasteiger partial charge in [0.1, 0.15) is 5.25 Å². The summed E-state index contributed by atoms with van der Waals surface area (Å²) < 4.78 is 38.4. The Balaban J connectivity index is 2.87. The Morgan fingerprint density at radius 1 is 1.47 bits per heavy atom. The first-order valence-corrected chi connectivity index (χ1v) is 6.01. The number of nitrogens with zero attached hydrogens (tertiary/aromatic N) is 2. The van der Waals surface area contributed by atoms with Crippen LogP contribution in [0.4, 0.5) is 13.2 Å². The highest BCUT2D eigenvalue weighted by Gasteiger charge is 2.44. The van der Waals surface area contributed by atoms with Gasteiger partial charge in [-0.3, -0.25) is 0 Å². The summed E-state index contributed by atoms with van der Waals surface area (Å²) in [5.41, 5.74) is 6.13. The maximum atomic E-state index is 12.8. The molecule has 1 heterocycles. The molecule has 2 unspecified atom stereocenters. The smallest absolute Gasteiger partial charge is 0.326 e. The number of halogens is 3. The van der Waals surface area contributed by atoms with E-state index in [0.717, 1.165) is 0 Å². The number of nitrogens with two attached hydrogens (primary N) is 1. The van der Waals surface area contributed by atoms with Crippen LogP contribution in [0.5, 0.6) is 0 Å². The molecular formula is C10H14F3N3S. The molecule has 7 heteroatoms. The van der Waals surface area contributed by atoms with Crippen molar-refractivity contribution in [3.63, 3.8) is 0 Å². The third kappa shape index (κ3) is 4.16. The Morgan fingerprint density at radius 3 is 2.59 bits per heavy atom. The van der Waals surface area contributed by atoms with Gasteiger partial charge in [0.15, 0.2) is 5.16 Å². The largest absolute Gasteiger partial charge is 0.402 e. The average molecular weight is 265 g/mol. The van der Waals surface area contributed by atoms with Crippen molar-refractivity contribution in [1.29, 1.82) is 0 Å². The lowest BCUT2D eigenvalue weighted by atomic mass is 10.1. The number of aryl methyl sites for hydroxylation is 1. The van der Waals surface area contributed by atoms with E-state index in [2.05, 4.69) is 9.97 Å². The summed E-state index contributed by atoms with van der Waals surface area (Å²) in [6, 6.07) is 0.677. The third-order valence-electron chi connectivity index (χ3n) is 2.19. The molecule has 0 saturated heterocycles. The third-order valence-corrected chi connectivity index (χ3v) is 3.47. The molecule has 2 N–H and O–H groups in total. The van der Waals surface area contributed by atoms with Crippen LogP contribution in [0.15, 0.2) is 17.4 Å². The molecule has 0 amide bonds. The highest BCUT2D eigenvalue weighted by atomic mass is 32.2. The van der Waals surface area contributed by atoms with Crippen LogP contribution in [-0.2, 0) is 0 Å². The van der Waals surface area contributed by atoms with Gasteiger partial charge < -0.3 is 5.73 Å². The number of hydrogen-bond acceptors (Lipinski definition) is 4. The van der Waals surface area contributed by atoms with E-state index >= 15 is 0 Å². The Morgan fingerprint density at radius 2 is 2.12 bits per heavy atom. The monoisotopic (exact) mass is 265 g/mol. The van der Waals surface area contributed by atoms with E-state index in [1.807, 2.05) is 0 Å². The Kier molecular flexibility index (Phi) is 4.76. The maximum Gasteiger partial charge on any atom is 0.402 e. The van der Waals surface area contributed by atoms with Crippen LogP contribution in [0, 0.1) is 6.92 Å². The minimum Gasteiger partial charge on any atom is -0.326 e. The molecule has 1 aromatic rings. The van der Waals surface area contributed by atoms with E-state index in [1.54, 1.807) is 19.9 Å². The maximum absolute atomic E-state index is 12.8. The molecule has 0 saturated carbocycles. The molecule has 2 atom stereocenters. The molecule has 17 heavy (non-hydrogen) atoms. The molecule has 0 aliphatic carbocycles. The average Bonchev–Trinajstić information content (AvgIpc) is 2.23. The minimum atomic E-state index is -4.35. The quantitative estimate of drug-likeness (QED) is 0.671. The summed E-state index contributed by atoms with van der Waals surface area (Å²) in [5.74, 6) is 0. The molecule has 0 aliphatic rings. The second-order valence-corrected chi connectivity index (χ2v) is 4.74. The summed E-state index contributed by atoms with van der Waals surface area (Å²) in [4.78, 5) is 7.75. The second kappa shape index (κ2) is 5.68. The van der Waals surface area contributed by atoms with Crippen LogP contribution >= 0.6 is 11.8 Å². The van der Waals surface area contributed by atoms with E-state index in [4.69, 9.17) is 5.73 Å². The van der Waals surface area contributed by atoms with Crippen molar-refractivity contribution >= 4 is 11.8 Å². The van der Waals surface area contributed by atoms with Crippen molar-refractivity contribution < 1.29 is 13.2 Å². The van der Waals surface area contributed by atoms with Crippen molar-refractivity contribution in [3.05, 3.63) is 18.0 Å². The molecule has 1 rings (SSSR count). The standard InChI is InChI=1S/C10H14F3N3S/c1-3-7(14)8(10(11,12)13)17-9-15-5-4-6(2)16-9/h4-5,7-8H,3,14H2,1-2H3. The Hall–Kier alpha value is -0.820. The van der Waals surface area contributed by atoms with Crippen LogP contribution in [0.2, 0.25) is 0 Å². The summed E-state index contributed by atoms with van der Waals surface area (Å²) in [6.07, 6.45) is -2.66. The number of thioether (sulfide) groups is 1. The van der Waals surface area contributed by atoms with Gasteiger partial charge in [-0.1, -0.05) is 18.7 Å². The van der Waals surface area contributed by atoms with Crippen molar-refractivity contribution in [3.8, 4) is 0 Å². The first kappa shape index (κ1) is 14.2. The van der Waals surface area contributed by atoms with Gasteiger partial charge in [-0.15, -0.1) is 0 Å². The lowest BCUT2D eigenvalue weighted by Gasteiger charge is -2.24. The number of rotatable bonds is 4. The normalized spacial score (nSPS) is 15.6. The molecule has 0 aromatic carbocycles. The molecule has 3 nitrogen and oxygen atoms in total. The molecule has 0 spiro atoms. The van der Waals surface area contributed by atoms with E-state index in [-0.39, 0.29) is 11.6 Å². The van der Waals surface area contributed by atoms with Crippen molar-refractivity contribution in [2.75, 3.05) is 0 Å². The van der Waals surface area contributed by atoms with Gasteiger partial charge >= 0.3 is 6.18 Å². The van der Waals surface area contributed by atoms with Crippen molar-refractivity contribution in [2.24, 2.45) is 5.73 Å². The van der Waals surface area contributed by atoms with E-state index < -0.39 is 17.5 Å². The van der Waals surface area contributed by atoms with E-state index in [1.165, 1.54) is 6.20 Å². The van der Waals surface area contributed by atoms with Crippen molar-refractivity contribution in [2.45, 2.75) is 42.9 Å². The molecule has 1 aromatic heterocycles. The van der Waals surface area contributed by atoms with Crippen LogP contribution in [0.3, 0.4) is 0 Å². The molecule has 0 aliphatic heterocycles. The summed E-state index contributed by atoms with van der Waals surface area (Å²) in [7, 11) is 0. The summed E-state index contributed by atoms with van der Waals surface area (Å²) in [5, 5.41) is -1.56. The van der Waals surface area contributed by atoms with E-state index in [9.17, 15) is 13.2 Å². The van der Waals surface area contributed by atoms with Gasteiger partial charge in [0, 0.05) is 17.9 Å². The van der Waals surface area contributed by atoms with Crippen LogP contribution in [0.1, 0.15) is 19.0 Å². The summed E-state index contributed by atoms with van der Waals surface area (Å²) in [6.45, 7) is 3.33. The van der Waals surface area contributed by atoms with Gasteiger partial charge in [-0.05, 0) is 19.4 Å². The Bertz CT molecular complexity index is 370. The van der Waals surface area contributed by atoms with Crippen LogP contribution in [0.25, 0.3) is 0 Å². The number of aromatic nitrogens is 2. The Labute approximate surface area is 102 Å². The number of alkyl halides is 3. The zero-order valence-electron chi connectivity index (χ0n) is 9.53. The van der Waals surface area contributed by atoms with Gasteiger partial charge in [0.05, 0.1) is 0 Å². The predicted octanol–water partition coefficient (Wildman–Crippen LogP) is 2.55. The first-order valence-electron chi connectivity index (χ1n) is 5.13. The molecule has 96 valence electrons. The first-order chi connectivity index (χ1) is 7.84. The lowest BCUT2D eigenvalue weighted by molar-refractivity contribution is -0.132. The molecule has 0 radical (unpaired) electrons. The fraction of sp³-hybridized carbons (Fsp3) is 0.600. The highest BCUT2D eigenvalue weighted by molar-refractivity contribution is 7.99. The second-order valence-electron chi connectivity index (χ2n) is 3.63. The topological polar surface area (TPSA) is 51.8 Å². The highest BCUT2D eigenvalue weighted by Crippen LogP contribution is 2.35. The van der Waals surface area contributed by atoms with Gasteiger partial charge in [0.2, 0.25) is 0 Å². The molecule has 0 bridgehead atoms. The van der Waals surface area contributed by atoms with Gasteiger partial charge in [0.25, 0.3) is 0 Å². The fourth-order valence-electron chi connectivity index (χ4n) is 1.21. The molecular weight excluding hydrogens is 251 g/mol. The van der Waals surface area contributed by atoms with Crippen LogP contribution < -0.4 is 5.73 Å². The van der Waals surface area contributed by atoms with Gasteiger partial charge in [-0.2, -0.15) is 13.2 Å².